The topological polar surface area (TPSA) is 94.8 Å². The van der Waals surface area contributed by atoms with Gasteiger partial charge in [-0.1, -0.05) is 0 Å². The first-order valence-electron chi connectivity index (χ1n) is 3.74. The monoisotopic (exact) mass is 196 g/mol. The molecule has 0 aliphatic carbocycles. The number of rotatable bonds is 2. The summed E-state index contributed by atoms with van der Waals surface area (Å²) in [4.78, 5) is 21.4. The van der Waals surface area contributed by atoms with E-state index in [2.05, 4.69) is 0 Å². The molecule has 0 aromatic heterocycles. The molecular weight excluding hydrogens is 188 g/mol. The number of hydrogen-bond donors (Lipinski definition) is 3. The van der Waals surface area contributed by atoms with E-state index in [0.717, 1.165) is 12.1 Å². The molecule has 5 nitrogen and oxygen atoms in total. The molecule has 0 radical (unpaired) electrons. The number of carboxylic acid groups (broad SMARTS) is 1. The molecule has 0 aliphatic heterocycles. The van der Waals surface area contributed by atoms with Crippen LogP contribution in [0.5, 0.6) is 11.5 Å². The average Bonchev–Trinajstić information content (AvgIpc) is 2.08. The normalized spacial score (nSPS) is 9.79. The van der Waals surface area contributed by atoms with Crippen LogP contribution < -0.4 is 0 Å². The third-order valence-electron chi connectivity index (χ3n) is 1.76. The van der Waals surface area contributed by atoms with Gasteiger partial charge in [-0.15, -0.1) is 0 Å². The molecule has 0 spiro atoms. The largest absolute Gasteiger partial charge is 0.504 e. The minimum Gasteiger partial charge on any atom is -0.504 e. The van der Waals surface area contributed by atoms with Crippen LogP contribution in [-0.4, -0.2) is 27.1 Å². The summed E-state index contributed by atoms with van der Waals surface area (Å²) >= 11 is 0. The molecule has 0 saturated heterocycles. The van der Waals surface area contributed by atoms with Crippen LogP contribution >= 0.6 is 0 Å². The fourth-order valence-electron chi connectivity index (χ4n) is 1.04. The molecular formula is C9H8O5. The van der Waals surface area contributed by atoms with E-state index in [-0.39, 0.29) is 5.56 Å². The van der Waals surface area contributed by atoms with Gasteiger partial charge >= 0.3 is 5.97 Å². The van der Waals surface area contributed by atoms with Crippen molar-refractivity contribution in [2.24, 2.45) is 0 Å². The van der Waals surface area contributed by atoms with Gasteiger partial charge in [0, 0.05) is 0 Å². The second-order valence-electron chi connectivity index (χ2n) is 2.72. The van der Waals surface area contributed by atoms with Gasteiger partial charge in [0.15, 0.2) is 17.3 Å². The molecule has 0 atom stereocenters. The molecule has 1 aromatic rings. The minimum absolute atomic E-state index is 0.104. The highest BCUT2D eigenvalue weighted by Crippen LogP contribution is 2.32. The number of carbonyl (C=O) groups is 2. The van der Waals surface area contributed by atoms with Gasteiger partial charge in [0.05, 0.1) is 5.56 Å². The number of phenolic OH excluding ortho intramolecular Hbond substituents is 1. The number of benzene rings is 1. The third kappa shape index (κ3) is 1.52. The van der Waals surface area contributed by atoms with Crippen molar-refractivity contribution in [3.8, 4) is 11.5 Å². The zero-order chi connectivity index (χ0) is 10.9. The van der Waals surface area contributed by atoms with Crippen molar-refractivity contribution in [3.63, 3.8) is 0 Å². The lowest BCUT2D eigenvalue weighted by atomic mass is 10.1. The lowest BCUT2D eigenvalue weighted by Gasteiger charge is -2.05. The summed E-state index contributed by atoms with van der Waals surface area (Å²) in [6.45, 7) is 1.20. The van der Waals surface area contributed by atoms with E-state index < -0.39 is 28.8 Å². The first-order chi connectivity index (χ1) is 6.45. The molecule has 74 valence electrons. The van der Waals surface area contributed by atoms with Crippen molar-refractivity contribution >= 4 is 11.8 Å². The standard InChI is InChI=1S/C9H8O5/c1-4(10)5-2-3-6(9(13)14)8(12)7(5)11/h2-3,11-12H,1H3,(H,13,14). The second kappa shape index (κ2) is 3.37. The van der Waals surface area contributed by atoms with Crippen molar-refractivity contribution in [3.05, 3.63) is 23.3 Å². The van der Waals surface area contributed by atoms with Crippen LogP contribution in [0, 0.1) is 0 Å². The van der Waals surface area contributed by atoms with Gasteiger partial charge in [0.25, 0.3) is 0 Å². The number of hydrogen-bond acceptors (Lipinski definition) is 4. The Bertz CT molecular complexity index is 369. The average molecular weight is 196 g/mol. The maximum absolute atomic E-state index is 10.9. The molecule has 0 bridgehead atoms. The van der Waals surface area contributed by atoms with Crippen molar-refractivity contribution in [1.29, 1.82) is 0 Å². The molecule has 0 saturated carbocycles. The Kier molecular flexibility index (Phi) is 2.42. The van der Waals surface area contributed by atoms with Gasteiger partial charge in [-0.2, -0.15) is 0 Å². The smallest absolute Gasteiger partial charge is 0.339 e. The highest BCUT2D eigenvalue weighted by Gasteiger charge is 2.18. The van der Waals surface area contributed by atoms with E-state index >= 15 is 0 Å². The highest BCUT2D eigenvalue weighted by atomic mass is 16.4. The summed E-state index contributed by atoms with van der Waals surface area (Å²) in [5.41, 5.74) is -0.542. The fraction of sp³-hybridized carbons (Fsp3) is 0.111. The van der Waals surface area contributed by atoms with Crippen LogP contribution in [0.3, 0.4) is 0 Å². The summed E-state index contributed by atoms with van der Waals surface area (Å²) in [7, 11) is 0. The molecule has 14 heavy (non-hydrogen) atoms. The summed E-state index contributed by atoms with van der Waals surface area (Å²) < 4.78 is 0. The number of carboxylic acids is 1. The first kappa shape index (κ1) is 10.0. The van der Waals surface area contributed by atoms with Gasteiger partial charge in [0.2, 0.25) is 0 Å². The molecule has 1 rings (SSSR count). The third-order valence-corrected chi connectivity index (χ3v) is 1.76. The molecule has 5 heteroatoms. The Hall–Kier alpha value is -2.04. The lowest BCUT2D eigenvalue weighted by Crippen LogP contribution is -2.00. The van der Waals surface area contributed by atoms with E-state index in [1.165, 1.54) is 6.92 Å². The molecule has 0 amide bonds. The van der Waals surface area contributed by atoms with Gasteiger partial charge < -0.3 is 15.3 Å². The van der Waals surface area contributed by atoms with Gasteiger partial charge in [-0.05, 0) is 19.1 Å². The Morgan fingerprint density at radius 2 is 1.50 bits per heavy atom. The zero-order valence-electron chi connectivity index (χ0n) is 7.31. The Morgan fingerprint density at radius 3 is 1.93 bits per heavy atom. The van der Waals surface area contributed by atoms with Crippen LogP contribution in [0.4, 0.5) is 0 Å². The van der Waals surface area contributed by atoms with Crippen molar-refractivity contribution in [2.45, 2.75) is 6.92 Å². The Balaban J connectivity index is 3.41. The number of aromatic carboxylic acids is 1. The predicted molar refractivity (Wildman–Crippen MR) is 46.7 cm³/mol. The molecule has 0 aliphatic rings. The minimum atomic E-state index is -1.37. The van der Waals surface area contributed by atoms with E-state index in [0.29, 0.717) is 0 Å². The van der Waals surface area contributed by atoms with Gasteiger partial charge in [0.1, 0.15) is 5.56 Å². The molecule has 0 unspecified atom stereocenters. The highest BCUT2D eigenvalue weighted by molar-refractivity contribution is 6.00. The Labute approximate surface area is 79.2 Å². The Morgan fingerprint density at radius 1 is 1.07 bits per heavy atom. The van der Waals surface area contributed by atoms with Crippen LogP contribution in [-0.2, 0) is 0 Å². The van der Waals surface area contributed by atoms with E-state index in [4.69, 9.17) is 5.11 Å². The van der Waals surface area contributed by atoms with Crippen LogP contribution in [0.15, 0.2) is 12.1 Å². The van der Waals surface area contributed by atoms with Crippen molar-refractivity contribution in [1.82, 2.24) is 0 Å². The summed E-state index contributed by atoms with van der Waals surface area (Å²) in [5.74, 6) is -3.30. The van der Waals surface area contributed by atoms with Crippen LogP contribution in [0.1, 0.15) is 27.6 Å². The maximum Gasteiger partial charge on any atom is 0.339 e. The second-order valence-corrected chi connectivity index (χ2v) is 2.72. The first-order valence-corrected chi connectivity index (χ1v) is 3.74. The zero-order valence-corrected chi connectivity index (χ0v) is 7.31. The van der Waals surface area contributed by atoms with Crippen LogP contribution in [0.2, 0.25) is 0 Å². The number of aromatic hydroxyl groups is 2. The summed E-state index contributed by atoms with van der Waals surface area (Å²) in [5, 5.41) is 27.0. The number of carbonyl (C=O) groups excluding carboxylic acids is 1. The SMILES string of the molecule is CC(=O)c1ccc(C(=O)O)c(O)c1O. The van der Waals surface area contributed by atoms with Gasteiger partial charge in [-0.25, -0.2) is 4.79 Å². The van der Waals surface area contributed by atoms with E-state index in [1.54, 1.807) is 0 Å². The number of Topliss-reactive ketones (excluding diaryl/α,β-unsaturated/α-hetero) is 1. The van der Waals surface area contributed by atoms with Gasteiger partial charge in [-0.3, -0.25) is 4.79 Å². The van der Waals surface area contributed by atoms with Crippen molar-refractivity contribution < 1.29 is 24.9 Å². The van der Waals surface area contributed by atoms with E-state index in [9.17, 15) is 19.8 Å². The molecule has 0 heterocycles. The maximum atomic E-state index is 10.9. The quantitative estimate of drug-likeness (QED) is 0.484. The molecule has 0 fully saturated rings. The fourth-order valence-corrected chi connectivity index (χ4v) is 1.04. The van der Waals surface area contributed by atoms with Crippen LogP contribution in [0.25, 0.3) is 0 Å². The number of phenols is 2. The summed E-state index contributed by atoms with van der Waals surface area (Å²) in [6, 6.07) is 2.22. The lowest BCUT2D eigenvalue weighted by molar-refractivity contribution is 0.0692. The predicted octanol–water partition coefficient (Wildman–Crippen LogP) is 0.999. The van der Waals surface area contributed by atoms with Crippen molar-refractivity contribution in [2.75, 3.05) is 0 Å². The molecule has 1 aromatic carbocycles. The molecule has 3 N–H and O–H groups in total. The summed E-state index contributed by atoms with van der Waals surface area (Å²) in [6.07, 6.45) is 0. The van der Waals surface area contributed by atoms with E-state index in [1.807, 2.05) is 0 Å². The number of ketones is 1.